The molecule has 1 aromatic heterocycles. The lowest BCUT2D eigenvalue weighted by molar-refractivity contribution is -0.712. The van der Waals surface area contributed by atoms with E-state index >= 15 is 0 Å². The summed E-state index contributed by atoms with van der Waals surface area (Å²) in [5, 5.41) is 17.9. The molecule has 0 radical (unpaired) electrons. The maximum absolute atomic E-state index is 12.9. The molecule has 1 N–H and O–H groups in total. The summed E-state index contributed by atoms with van der Waals surface area (Å²) in [5.74, 6) is -0.243. The zero-order valence-corrected chi connectivity index (χ0v) is 26.3. The van der Waals surface area contributed by atoms with E-state index in [0.717, 1.165) is 17.9 Å². The number of hydrogen-bond acceptors (Lipinski definition) is 12. The van der Waals surface area contributed by atoms with Crippen LogP contribution in [0.3, 0.4) is 0 Å². The average Bonchev–Trinajstić information content (AvgIpc) is 3.19. The molecule has 1 aliphatic heterocycles. The second-order valence-electron chi connectivity index (χ2n) is 10.2. The Morgan fingerprint density at radius 2 is 1.73 bits per heavy atom. The molecule has 2 heterocycles. The van der Waals surface area contributed by atoms with Crippen LogP contribution in [-0.4, -0.2) is 68.7 Å². The van der Waals surface area contributed by atoms with Crippen molar-refractivity contribution in [3.63, 3.8) is 0 Å². The van der Waals surface area contributed by atoms with Crippen LogP contribution in [0.25, 0.3) is 0 Å². The second-order valence-corrected chi connectivity index (χ2v) is 12.3. The Morgan fingerprint density at radius 3 is 2.20 bits per heavy atom. The lowest BCUT2D eigenvalue weighted by atomic mass is 9.95. The van der Waals surface area contributed by atoms with E-state index in [2.05, 4.69) is 57.4 Å². The fourth-order valence-electron chi connectivity index (χ4n) is 4.10. The maximum atomic E-state index is 12.9. The van der Waals surface area contributed by atoms with Gasteiger partial charge in [0.1, 0.15) is 18.3 Å². The van der Waals surface area contributed by atoms with E-state index < -0.39 is 15.9 Å². The van der Waals surface area contributed by atoms with Crippen LogP contribution in [0, 0.1) is 0 Å². The summed E-state index contributed by atoms with van der Waals surface area (Å²) in [7, 11) is 1.85. The van der Waals surface area contributed by atoms with E-state index in [9.17, 15) is 22.6 Å². The van der Waals surface area contributed by atoms with Gasteiger partial charge >= 0.3 is 5.13 Å². The fraction of sp³-hybridized carbons (Fsp3) is 0.583. The van der Waals surface area contributed by atoms with Gasteiger partial charge in [0.2, 0.25) is 21.4 Å². The van der Waals surface area contributed by atoms with Gasteiger partial charge in [0, 0.05) is 33.1 Å². The number of azo groups is 1. The lowest BCUT2D eigenvalue weighted by Gasteiger charge is -2.45. The highest BCUT2D eigenvalue weighted by atomic mass is 32.3. The molecule has 16 heteroatoms. The van der Waals surface area contributed by atoms with Crippen molar-refractivity contribution in [2.75, 3.05) is 41.2 Å². The molecule has 0 atom stereocenters. The highest BCUT2D eigenvalue weighted by molar-refractivity contribution is 7.80. The van der Waals surface area contributed by atoms with Crippen molar-refractivity contribution in [2.45, 2.75) is 66.1 Å². The van der Waals surface area contributed by atoms with E-state index in [-0.39, 0.29) is 23.9 Å². The Kier molecular flexibility index (Phi) is 10.3. The summed E-state index contributed by atoms with van der Waals surface area (Å²) in [6, 6.07) is 4.20. The SMILES string of the molecule is CC(=O)Nc1cc2c(cc1N=Nc1sc(N(C(C)C)C(C)C)n[n+]1C)N(C)C(=O)C(C)(C)N2C.COS(=O)(=O)[O-]. The zero-order valence-electron chi connectivity index (χ0n) is 24.7. The van der Waals surface area contributed by atoms with Gasteiger partial charge in [-0.05, 0) is 70.1 Å². The summed E-state index contributed by atoms with van der Waals surface area (Å²) in [6.45, 7) is 13.7. The maximum Gasteiger partial charge on any atom is 0.431 e. The number of carbonyl (C=O) groups excluding carboxylic acids is 2. The van der Waals surface area contributed by atoms with E-state index in [1.54, 1.807) is 22.7 Å². The Morgan fingerprint density at radius 1 is 1.18 bits per heavy atom. The Bertz CT molecular complexity index is 1380. The molecule has 0 spiro atoms. The van der Waals surface area contributed by atoms with Crippen molar-refractivity contribution in [1.82, 2.24) is 5.10 Å². The summed E-state index contributed by atoms with van der Waals surface area (Å²) in [5.41, 5.74) is 1.80. The third-order valence-corrected chi connectivity index (χ3v) is 7.68. The van der Waals surface area contributed by atoms with Crippen molar-refractivity contribution in [3.05, 3.63) is 12.1 Å². The molecule has 40 heavy (non-hydrogen) atoms. The first-order chi connectivity index (χ1) is 18.3. The summed E-state index contributed by atoms with van der Waals surface area (Å²) in [4.78, 5) is 30.6. The molecule has 0 aliphatic carbocycles. The molecule has 0 fully saturated rings. The number of aryl methyl sites for hydroxylation is 1. The molecule has 222 valence electrons. The molecule has 2 aromatic rings. The van der Waals surface area contributed by atoms with Crippen LogP contribution < -0.4 is 24.7 Å². The summed E-state index contributed by atoms with van der Waals surface area (Å²) >= 11 is 1.45. The minimum atomic E-state index is -4.41. The van der Waals surface area contributed by atoms with Gasteiger partial charge in [0.25, 0.3) is 5.91 Å². The van der Waals surface area contributed by atoms with Gasteiger partial charge in [-0.1, -0.05) is 5.10 Å². The Labute approximate surface area is 239 Å². The number of likely N-dealkylation sites (N-methyl/N-ethyl adjacent to an activating group) is 2. The monoisotopic (exact) mass is 598 g/mol. The van der Waals surface area contributed by atoms with Crippen LogP contribution in [0.15, 0.2) is 22.4 Å². The Hall–Kier alpha value is -3.21. The minimum absolute atomic E-state index is 0.0290. The molecule has 2 amide bonds. The number of benzene rings is 1. The highest BCUT2D eigenvalue weighted by Gasteiger charge is 2.42. The molecule has 3 rings (SSSR count). The normalized spacial score (nSPS) is 14.9. The number of rotatable bonds is 7. The van der Waals surface area contributed by atoms with Crippen molar-refractivity contribution in [2.24, 2.45) is 17.3 Å². The van der Waals surface area contributed by atoms with E-state index in [1.165, 1.54) is 18.3 Å². The molecular weight excluding hydrogens is 560 g/mol. The number of nitrogens with one attached hydrogen (secondary N) is 1. The largest absolute Gasteiger partial charge is 0.726 e. The number of carbonyl (C=O) groups is 2. The number of anilines is 4. The van der Waals surface area contributed by atoms with Gasteiger partial charge in [-0.15, -0.1) is 4.68 Å². The molecule has 1 aromatic carbocycles. The van der Waals surface area contributed by atoms with Crippen molar-refractivity contribution < 1.29 is 31.4 Å². The zero-order chi connectivity index (χ0) is 30.7. The van der Waals surface area contributed by atoms with Gasteiger partial charge in [-0.25, -0.2) is 8.42 Å². The average molecular weight is 599 g/mol. The van der Waals surface area contributed by atoms with Gasteiger partial charge in [-0.2, -0.15) is 0 Å². The third-order valence-electron chi connectivity index (χ3n) is 6.27. The van der Waals surface area contributed by atoms with Crippen LogP contribution >= 0.6 is 11.3 Å². The van der Waals surface area contributed by atoms with E-state index in [1.807, 2.05) is 38.9 Å². The highest BCUT2D eigenvalue weighted by Crippen LogP contribution is 2.44. The smallest absolute Gasteiger partial charge is 0.431 e. The van der Waals surface area contributed by atoms with Crippen LogP contribution in [0.4, 0.5) is 33.0 Å². The number of fused-ring (bicyclic) bond motifs is 1. The van der Waals surface area contributed by atoms with Crippen molar-refractivity contribution >= 4 is 66.6 Å². The fourth-order valence-corrected chi connectivity index (χ4v) is 5.21. The summed E-state index contributed by atoms with van der Waals surface area (Å²) < 4.78 is 32.7. The number of aromatic nitrogens is 2. The first kappa shape index (κ1) is 33.0. The first-order valence-electron chi connectivity index (χ1n) is 12.4. The van der Waals surface area contributed by atoms with Crippen molar-refractivity contribution in [1.29, 1.82) is 0 Å². The number of nitrogens with zero attached hydrogens (tertiary/aromatic N) is 7. The predicted molar refractivity (Wildman–Crippen MR) is 154 cm³/mol. The van der Waals surface area contributed by atoms with Crippen LogP contribution in [0.2, 0.25) is 0 Å². The first-order valence-corrected chi connectivity index (χ1v) is 14.5. The molecular formula is C24H38N8O6S2. The van der Waals surface area contributed by atoms with Gasteiger partial charge in [-0.3, -0.25) is 13.8 Å². The predicted octanol–water partition coefficient (Wildman–Crippen LogP) is 3.25. The lowest BCUT2D eigenvalue weighted by Crippen LogP contribution is -2.57. The van der Waals surface area contributed by atoms with Crippen LogP contribution in [0.1, 0.15) is 48.5 Å². The standard InChI is InChI=1S/C23H34N8O2S.CH4O4S/c1-13(2)31(14(3)4)22-27-30(10)21(34-22)26-25-17-12-18-19(11-16(17)24-15(5)32)29(9)23(6,7)20(33)28(18)8;1-5-6(2,3)4/h11-14H,1-10H3;1H3,(H,2,3,4). The van der Waals surface area contributed by atoms with Gasteiger partial charge in [0.05, 0.1) is 29.3 Å². The molecule has 14 nitrogen and oxygen atoms in total. The molecule has 0 bridgehead atoms. The van der Waals surface area contributed by atoms with Gasteiger partial charge < -0.3 is 24.6 Å². The number of amides is 2. The molecule has 0 unspecified atom stereocenters. The van der Waals surface area contributed by atoms with E-state index in [0.29, 0.717) is 22.2 Å². The molecule has 1 aliphatic rings. The molecule has 0 saturated heterocycles. The third kappa shape index (κ3) is 7.50. The quantitative estimate of drug-likeness (QED) is 0.218. The molecule has 0 saturated carbocycles. The van der Waals surface area contributed by atoms with Crippen LogP contribution in [-0.2, 0) is 31.2 Å². The van der Waals surface area contributed by atoms with Gasteiger partial charge in [0.15, 0.2) is 0 Å². The minimum Gasteiger partial charge on any atom is -0.726 e. The van der Waals surface area contributed by atoms with E-state index in [4.69, 9.17) is 0 Å². The second kappa shape index (κ2) is 12.5. The number of hydrogen-bond donors (Lipinski definition) is 1. The topological polar surface area (TPSA) is 164 Å². The van der Waals surface area contributed by atoms with Crippen molar-refractivity contribution in [3.8, 4) is 0 Å². The van der Waals surface area contributed by atoms with Crippen LogP contribution in [0.5, 0.6) is 0 Å². The Balaban J connectivity index is 0.000000840. The summed E-state index contributed by atoms with van der Waals surface area (Å²) in [6.07, 6.45) is 0.